The van der Waals surface area contributed by atoms with E-state index in [9.17, 15) is 4.79 Å². The molecular weight excluding hydrogens is 524 g/mol. The van der Waals surface area contributed by atoms with Gasteiger partial charge in [-0.2, -0.15) is 0 Å². The molecule has 3 aromatic carbocycles. The first kappa shape index (κ1) is 21.3. The fourth-order valence-corrected chi connectivity index (χ4v) is 4.55. The Balaban J connectivity index is 1.47. The van der Waals surface area contributed by atoms with E-state index in [4.69, 9.17) is 9.15 Å². The molecule has 1 aromatic heterocycles. The molecule has 0 spiro atoms. The number of hydrogen-bond donors (Lipinski definition) is 1. The van der Waals surface area contributed by atoms with Gasteiger partial charge >= 0.3 is 0 Å². The number of aryl methyl sites for hydroxylation is 1. The first-order chi connectivity index (χ1) is 14.9. The number of anilines is 1. The van der Waals surface area contributed by atoms with Crippen molar-refractivity contribution < 1.29 is 13.9 Å². The zero-order valence-corrected chi connectivity index (χ0v) is 20.0. The molecule has 5 nitrogen and oxygen atoms in total. The van der Waals surface area contributed by atoms with Crippen LogP contribution >= 0.6 is 31.9 Å². The summed E-state index contributed by atoms with van der Waals surface area (Å²) in [6, 6.07) is 17.0. The van der Waals surface area contributed by atoms with Gasteiger partial charge in [-0.05, 0) is 83.0 Å². The largest absolute Gasteiger partial charge is 0.495 e. The number of hydrogen-bond acceptors (Lipinski definition) is 4. The number of oxazole rings is 1. The Morgan fingerprint density at radius 1 is 1.10 bits per heavy atom. The molecule has 156 valence electrons. The molecule has 4 rings (SSSR count). The van der Waals surface area contributed by atoms with Crippen LogP contribution in [0.25, 0.3) is 28.6 Å². The third-order valence-corrected chi connectivity index (χ3v) is 5.64. The number of carbonyl (C=O) groups is 1. The topological polar surface area (TPSA) is 64.4 Å². The number of rotatable bonds is 5. The maximum absolute atomic E-state index is 12.4. The van der Waals surface area contributed by atoms with E-state index in [1.54, 1.807) is 13.2 Å². The second kappa shape index (κ2) is 9.08. The van der Waals surface area contributed by atoms with Crippen LogP contribution < -0.4 is 10.1 Å². The zero-order chi connectivity index (χ0) is 22.0. The van der Waals surface area contributed by atoms with Crippen molar-refractivity contribution in [3.05, 3.63) is 80.7 Å². The van der Waals surface area contributed by atoms with Gasteiger partial charge in [0.25, 0.3) is 0 Å². The molecule has 0 saturated heterocycles. The maximum Gasteiger partial charge on any atom is 0.248 e. The van der Waals surface area contributed by atoms with Gasteiger partial charge in [-0.1, -0.05) is 22.0 Å². The fourth-order valence-electron chi connectivity index (χ4n) is 3.13. The van der Waals surface area contributed by atoms with Crippen LogP contribution in [0.15, 0.2) is 74.0 Å². The van der Waals surface area contributed by atoms with Crippen molar-refractivity contribution in [3.63, 3.8) is 0 Å². The number of benzene rings is 3. The van der Waals surface area contributed by atoms with E-state index in [0.29, 0.717) is 17.3 Å². The van der Waals surface area contributed by atoms with Gasteiger partial charge in [0.1, 0.15) is 11.3 Å². The average molecular weight is 542 g/mol. The van der Waals surface area contributed by atoms with E-state index in [1.807, 2.05) is 61.5 Å². The monoisotopic (exact) mass is 540 g/mol. The molecule has 4 aromatic rings. The number of halogens is 2. The summed E-state index contributed by atoms with van der Waals surface area (Å²) in [6.45, 7) is 2.02. The van der Waals surface area contributed by atoms with E-state index in [2.05, 4.69) is 42.2 Å². The van der Waals surface area contributed by atoms with E-state index >= 15 is 0 Å². The SMILES string of the molecule is COc1c(Br)cc(Br)cc1/C=C/C(=O)Nc1ccc(-c2nc3cc(C)ccc3o2)cc1. The van der Waals surface area contributed by atoms with Gasteiger partial charge in [0.05, 0.1) is 11.6 Å². The van der Waals surface area contributed by atoms with Crippen LogP contribution in [0.5, 0.6) is 5.75 Å². The Morgan fingerprint density at radius 3 is 2.61 bits per heavy atom. The molecule has 0 aliphatic rings. The Morgan fingerprint density at radius 2 is 1.87 bits per heavy atom. The first-order valence-electron chi connectivity index (χ1n) is 9.42. The number of amides is 1. The quantitative estimate of drug-likeness (QED) is 0.276. The minimum absolute atomic E-state index is 0.247. The molecule has 1 amide bonds. The standard InChI is InChI=1S/C24H18Br2N2O3/c1-14-3-9-21-20(11-14)28-24(31-21)15-4-7-18(8-5-15)27-22(29)10-6-16-12-17(25)13-19(26)23(16)30-2/h3-13H,1-2H3,(H,27,29)/b10-6+. The molecule has 0 radical (unpaired) electrons. The summed E-state index contributed by atoms with van der Waals surface area (Å²) >= 11 is 6.90. The number of carbonyl (C=O) groups excluding carboxylic acids is 1. The zero-order valence-electron chi connectivity index (χ0n) is 16.8. The van der Waals surface area contributed by atoms with Crippen LogP contribution in [-0.2, 0) is 4.79 Å². The molecule has 0 aliphatic heterocycles. The van der Waals surface area contributed by atoms with E-state index in [1.165, 1.54) is 6.08 Å². The number of aromatic nitrogens is 1. The highest BCUT2D eigenvalue weighted by Crippen LogP contribution is 2.33. The van der Waals surface area contributed by atoms with Crippen LogP contribution in [0.3, 0.4) is 0 Å². The lowest BCUT2D eigenvalue weighted by Crippen LogP contribution is -2.07. The molecule has 31 heavy (non-hydrogen) atoms. The molecule has 0 unspecified atom stereocenters. The van der Waals surface area contributed by atoms with Crippen LogP contribution in [0.1, 0.15) is 11.1 Å². The summed E-state index contributed by atoms with van der Waals surface area (Å²) in [6.07, 6.45) is 3.17. The lowest BCUT2D eigenvalue weighted by molar-refractivity contribution is -0.111. The summed E-state index contributed by atoms with van der Waals surface area (Å²) in [5, 5.41) is 2.85. The summed E-state index contributed by atoms with van der Waals surface area (Å²) < 4.78 is 12.9. The molecule has 0 atom stereocenters. The Hall–Kier alpha value is -2.90. The molecule has 0 aliphatic carbocycles. The third kappa shape index (κ3) is 4.89. The van der Waals surface area contributed by atoms with Gasteiger partial charge in [-0.15, -0.1) is 0 Å². The van der Waals surface area contributed by atoms with Crippen molar-refractivity contribution in [2.75, 3.05) is 12.4 Å². The lowest BCUT2D eigenvalue weighted by Gasteiger charge is -2.08. The Labute approximate surface area is 196 Å². The second-order valence-corrected chi connectivity index (χ2v) is 8.67. The number of fused-ring (bicyclic) bond motifs is 1. The average Bonchev–Trinajstić information content (AvgIpc) is 3.15. The third-order valence-electron chi connectivity index (χ3n) is 4.60. The summed E-state index contributed by atoms with van der Waals surface area (Å²) in [7, 11) is 1.59. The van der Waals surface area contributed by atoms with E-state index < -0.39 is 0 Å². The van der Waals surface area contributed by atoms with Crippen molar-refractivity contribution in [2.24, 2.45) is 0 Å². The smallest absolute Gasteiger partial charge is 0.248 e. The fraction of sp³-hybridized carbons (Fsp3) is 0.0833. The first-order valence-corrected chi connectivity index (χ1v) is 11.0. The molecule has 0 bridgehead atoms. The number of ether oxygens (including phenoxy) is 1. The summed E-state index contributed by atoms with van der Waals surface area (Å²) in [5.41, 5.74) is 5.00. The minimum Gasteiger partial charge on any atom is -0.495 e. The number of nitrogens with zero attached hydrogens (tertiary/aromatic N) is 1. The van der Waals surface area contributed by atoms with E-state index in [-0.39, 0.29) is 5.91 Å². The van der Waals surface area contributed by atoms with Crippen LogP contribution in [0.4, 0.5) is 5.69 Å². The highest BCUT2D eigenvalue weighted by molar-refractivity contribution is 9.11. The van der Waals surface area contributed by atoms with Gasteiger partial charge in [-0.25, -0.2) is 4.98 Å². The van der Waals surface area contributed by atoms with Gasteiger partial charge in [0.2, 0.25) is 11.8 Å². The van der Waals surface area contributed by atoms with Crippen LogP contribution in [0.2, 0.25) is 0 Å². The van der Waals surface area contributed by atoms with Gasteiger partial charge < -0.3 is 14.5 Å². The molecule has 0 fully saturated rings. The van der Waals surface area contributed by atoms with Gasteiger partial charge in [0, 0.05) is 27.4 Å². The Bertz CT molecular complexity index is 1290. The van der Waals surface area contributed by atoms with Gasteiger partial charge in [-0.3, -0.25) is 4.79 Å². The highest BCUT2D eigenvalue weighted by atomic mass is 79.9. The van der Waals surface area contributed by atoms with Crippen molar-refractivity contribution in [1.29, 1.82) is 0 Å². The molecule has 1 heterocycles. The Kier molecular flexibility index (Phi) is 6.25. The summed E-state index contributed by atoms with van der Waals surface area (Å²) in [5.74, 6) is 0.957. The maximum atomic E-state index is 12.4. The lowest BCUT2D eigenvalue weighted by atomic mass is 10.2. The molecule has 7 heteroatoms. The summed E-state index contributed by atoms with van der Waals surface area (Å²) in [4.78, 5) is 16.9. The molecule has 0 saturated carbocycles. The predicted octanol–water partition coefficient (Wildman–Crippen LogP) is 6.99. The molecular formula is C24H18Br2N2O3. The van der Waals surface area contributed by atoms with Crippen LogP contribution in [0, 0.1) is 6.92 Å². The highest BCUT2D eigenvalue weighted by Gasteiger charge is 2.10. The van der Waals surface area contributed by atoms with Crippen LogP contribution in [-0.4, -0.2) is 18.0 Å². The second-order valence-electron chi connectivity index (χ2n) is 6.90. The predicted molar refractivity (Wildman–Crippen MR) is 130 cm³/mol. The van der Waals surface area contributed by atoms with E-state index in [0.717, 1.165) is 36.7 Å². The van der Waals surface area contributed by atoms with Crippen molar-refractivity contribution in [1.82, 2.24) is 4.98 Å². The number of methoxy groups -OCH3 is 1. The minimum atomic E-state index is -0.247. The normalized spacial score (nSPS) is 11.2. The number of nitrogens with one attached hydrogen (secondary N) is 1. The molecule has 1 N–H and O–H groups in total. The van der Waals surface area contributed by atoms with Crippen molar-refractivity contribution >= 4 is 60.6 Å². The van der Waals surface area contributed by atoms with Crippen molar-refractivity contribution in [2.45, 2.75) is 6.92 Å². The van der Waals surface area contributed by atoms with Gasteiger partial charge in [0.15, 0.2) is 5.58 Å². The van der Waals surface area contributed by atoms with Crippen molar-refractivity contribution in [3.8, 4) is 17.2 Å².